The van der Waals surface area contributed by atoms with Crippen LogP contribution < -0.4 is 0 Å². The van der Waals surface area contributed by atoms with E-state index in [0.29, 0.717) is 12.2 Å². The number of nitrogens with zero attached hydrogens (tertiary/aromatic N) is 2. The number of alkyl halides is 3. The van der Waals surface area contributed by atoms with Crippen molar-refractivity contribution < 1.29 is 18.7 Å². The molecule has 2 bridgehead atoms. The highest BCUT2D eigenvalue weighted by atomic mass is 79.9. The Bertz CT molecular complexity index is 835. The number of hydrogen-bond donors (Lipinski definition) is 1. The van der Waals surface area contributed by atoms with Gasteiger partial charge in [-0.05, 0) is 23.8 Å². The van der Waals surface area contributed by atoms with Crippen LogP contribution in [0.5, 0.6) is 0 Å². The maximum atomic E-state index is 13.7. The summed E-state index contributed by atoms with van der Waals surface area (Å²) in [7, 11) is 0. The van der Waals surface area contributed by atoms with Crippen LogP contribution in [0.4, 0.5) is 8.78 Å². The minimum absolute atomic E-state index is 0.0539. The minimum Gasteiger partial charge on any atom is -0.476 e. The van der Waals surface area contributed by atoms with Crippen molar-refractivity contribution >= 4 is 21.9 Å². The van der Waals surface area contributed by atoms with Gasteiger partial charge in [-0.1, -0.05) is 47.1 Å². The molecular weight excluding hydrogens is 370 g/mol. The molecule has 0 saturated heterocycles. The van der Waals surface area contributed by atoms with E-state index in [4.69, 9.17) is 0 Å². The molecule has 3 heterocycles. The summed E-state index contributed by atoms with van der Waals surface area (Å²) in [5.41, 5.74) is 0.682. The first-order valence-corrected chi connectivity index (χ1v) is 8.08. The van der Waals surface area contributed by atoms with Gasteiger partial charge in [0.25, 0.3) is 6.43 Å². The lowest BCUT2D eigenvalue weighted by atomic mass is 9.67. The predicted octanol–water partition coefficient (Wildman–Crippen LogP) is 4.37. The second kappa shape index (κ2) is 4.63. The van der Waals surface area contributed by atoms with E-state index in [-0.39, 0.29) is 11.8 Å². The molecule has 3 unspecified atom stereocenters. The SMILES string of the molecule is CC1C2CC1(Br)n1c(nc(C(=O)O)c1C(F)F)-c1ccccc12. The lowest BCUT2D eigenvalue weighted by Gasteiger charge is -2.50. The summed E-state index contributed by atoms with van der Waals surface area (Å²) in [5, 5.41) is 9.31. The fourth-order valence-electron chi connectivity index (χ4n) is 3.87. The van der Waals surface area contributed by atoms with Crippen LogP contribution in [0, 0.1) is 5.92 Å². The van der Waals surface area contributed by atoms with Gasteiger partial charge in [0.15, 0.2) is 5.69 Å². The smallest absolute Gasteiger partial charge is 0.356 e. The number of imidazole rings is 1. The first-order chi connectivity index (χ1) is 10.9. The van der Waals surface area contributed by atoms with Crippen LogP contribution in [0.2, 0.25) is 0 Å². The number of carboxylic acid groups (broad SMARTS) is 1. The van der Waals surface area contributed by atoms with Crippen molar-refractivity contribution in [3.8, 4) is 11.4 Å². The number of benzene rings is 1. The van der Waals surface area contributed by atoms with E-state index >= 15 is 0 Å². The molecule has 7 heteroatoms. The molecule has 4 nitrogen and oxygen atoms in total. The molecule has 5 rings (SSSR count). The van der Waals surface area contributed by atoms with Crippen molar-refractivity contribution in [2.75, 3.05) is 0 Å². The van der Waals surface area contributed by atoms with Crippen LogP contribution in [-0.2, 0) is 4.45 Å². The van der Waals surface area contributed by atoms with Gasteiger partial charge in [-0.2, -0.15) is 0 Å². The summed E-state index contributed by atoms with van der Waals surface area (Å²) in [6, 6.07) is 7.51. The largest absolute Gasteiger partial charge is 0.476 e. The van der Waals surface area contributed by atoms with Crippen LogP contribution >= 0.6 is 15.9 Å². The predicted molar refractivity (Wildman–Crippen MR) is 83.0 cm³/mol. The molecule has 2 aliphatic heterocycles. The summed E-state index contributed by atoms with van der Waals surface area (Å²) in [5.74, 6) is -0.834. The monoisotopic (exact) mass is 382 g/mol. The molecular formula is C16H13BrF2N2O2. The average Bonchev–Trinajstić information content (AvgIpc) is 2.86. The molecule has 0 radical (unpaired) electrons. The van der Waals surface area contributed by atoms with Gasteiger partial charge < -0.3 is 9.67 Å². The Morgan fingerprint density at radius 2 is 2.17 bits per heavy atom. The highest BCUT2D eigenvalue weighted by Gasteiger charge is 2.57. The molecule has 0 amide bonds. The molecule has 1 fully saturated rings. The fourth-order valence-corrected chi connectivity index (χ4v) is 4.89. The van der Waals surface area contributed by atoms with E-state index in [1.165, 1.54) is 4.57 Å². The molecule has 3 aliphatic rings. The molecule has 120 valence electrons. The van der Waals surface area contributed by atoms with E-state index in [2.05, 4.69) is 20.9 Å². The van der Waals surface area contributed by atoms with Gasteiger partial charge in [0.1, 0.15) is 16.0 Å². The van der Waals surface area contributed by atoms with Crippen LogP contribution in [0.15, 0.2) is 24.3 Å². The number of rotatable bonds is 2. The maximum Gasteiger partial charge on any atom is 0.356 e. The van der Waals surface area contributed by atoms with Crippen LogP contribution in [-0.4, -0.2) is 20.6 Å². The number of aromatic nitrogens is 2. The van der Waals surface area contributed by atoms with Gasteiger partial charge in [-0.15, -0.1) is 0 Å². The van der Waals surface area contributed by atoms with E-state index in [1.54, 1.807) is 0 Å². The quantitative estimate of drug-likeness (QED) is 0.784. The fraction of sp³-hybridized carbons (Fsp3) is 0.375. The van der Waals surface area contributed by atoms with E-state index in [9.17, 15) is 18.7 Å². The summed E-state index contributed by atoms with van der Waals surface area (Å²) in [4.78, 5) is 15.5. The van der Waals surface area contributed by atoms with Crippen LogP contribution in [0.25, 0.3) is 11.4 Å². The lowest BCUT2D eigenvalue weighted by Crippen LogP contribution is -2.48. The molecule has 2 aromatic rings. The lowest BCUT2D eigenvalue weighted by molar-refractivity contribution is 0.0664. The van der Waals surface area contributed by atoms with E-state index in [0.717, 1.165) is 11.1 Å². The zero-order valence-corrected chi connectivity index (χ0v) is 13.7. The molecule has 1 aromatic heterocycles. The minimum atomic E-state index is -2.91. The van der Waals surface area contributed by atoms with Crippen molar-refractivity contribution in [3.05, 3.63) is 41.2 Å². The molecule has 3 atom stereocenters. The average molecular weight is 383 g/mol. The Morgan fingerprint density at radius 1 is 1.48 bits per heavy atom. The van der Waals surface area contributed by atoms with Gasteiger partial charge in [0.05, 0.1) is 0 Å². The Morgan fingerprint density at radius 3 is 2.78 bits per heavy atom. The summed E-state index contributed by atoms with van der Waals surface area (Å²) in [6.07, 6.45) is -2.28. The molecule has 1 N–H and O–H groups in total. The number of carbonyl (C=O) groups is 1. The third-order valence-electron chi connectivity index (χ3n) is 5.10. The second-order valence-electron chi connectivity index (χ2n) is 6.12. The van der Waals surface area contributed by atoms with Crippen molar-refractivity contribution in [1.82, 2.24) is 9.55 Å². The van der Waals surface area contributed by atoms with Gasteiger partial charge >= 0.3 is 5.97 Å². The molecule has 1 aliphatic carbocycles. The summed E-state index contributed by atoms with van der Waals surface area (Å²) in [6.45, 7) is 1.99. The highest BCUT2D eigenvalue weighted by molar-refractivity contribution is 9.09. The van der Waals surface area contributed by atoms with Crippen molar-refractivity contribution in [3.63, 3.8) is 0 Å². The van der Waals surface area contributed by atoms with Gasteiger partial charge in [-0.3, -0.25) is 0 Å². The van der Waals surface area contributed by atoms with E-state index < -0.39 is 28.2 Å². The number of carboxylic acids is 1. The normalized spacial score (nSPS) is 27.9. The maximum absolute atomic E-state index is 13.7. The number of halogens is 3. The first kappa shape index (κ1) is 14.8. The summed E-state index contributed by atoms with van der Waals surface area (Å²) < 4.78 is 28.0. The zero-order chi connectivity index (χ0) is 16.5. The van der Waals surface area contributed by atoms with Gasteiger partial charge in [0.2, 0.25) is 0 Å². The second-order valence-corrected chi connectivity index (χ2v) is 7.49. The Balaban J connectivity index is 2.12. The number of aromatic carboxylic acids is 1. The third-order valence-corrected chi connectivity index (χ3v) is 6.50. The van der Waals surface area contributed by atoms with E-state index in [1.807, 2.05) is 31.2 Å². The molecule has 1 aromatic carbocycles. The van der Waals surface area contributed by atoms with Crippen LogP contribution in [0.3, 0.4) is 0 Å². The van der Waals surface area contributed by atoms with Gasteiger partial charge in [-0.25, -0.2) is 18.6 Å². The Kier molecular flexibility index (Phi) is 2.98. The first-order valence-electron chi connectivity index (χ1n) is 7.29. The topological polar surface area (TPSA) is 55.1 Å². The van der Waals surface area contributed by atoms with Crippen LogP contribution in [0.1, 0.15) is 47.4 Å². The standard InChI is InChI=1S/C16H13BrF2N2O2/c1-7-10-6-16(7,17)21-12(13(18)19)11(15(22)23)20-14(21)9-5-3-2-4-8(9)10/h2-5,7,10,13H,6H2,1H3,(H,22,23). The van der Waals surface area contributed by atoms with Crippen molar-refractivity contribution in [2.45, 2.75) is 30.1 Å². The van der Waals surface area contributed by atoms with Crippen molar-refractivity contribution in [1.29, 1.82) is 0 Å². The Labute approximate surface area is 139 Å². The molecule has 23 heavy (non-hydrogen) atoms. The van der Waals surface area contributed by atoms with Gasteiger partial charge in [0, 0.05) is 5.56 Å². The highest BCUT2D eigenvalue weighted by Crippen LogP contribution is 2.63. The van der Waals surface area contributed by atoms with Crippen molar-refractivity contribution in [2.24, 2.45) is 5.92 Å². The number of hydrogen-bond acceptors (Lipinski definition) is 2. The Hall–Kier alpha value is -1.76. The zero-order valence-electron chi connectivity index (χ0n) is 12.1. The summed E-state index contributed by atoms with van der Waals surface area (Å²) >= 11 is 3.61. The third kappa shape index (κ3) is 1.74. The molecule has 1 saturated carbocycles. The molecule has 0 spiro atoms.